The van der Waals surface area contributed by atoms with E-state index in [9.17, 15) is 8.42 Å². The molecule has 5 heteroatoms. The van der Waals surface area contributed by atoms with Crippen molar-refractivity contribution >= 4 is 21.2 Å². The van der Waals surface area contributed by atoms with Crippen LogP contribution in [0, 0.1) is 6.92 Å². The quantitative estimate of drug-likeness (QED) is 0.909. The molecule has 1 aromatic heterocycles. The lowest BCUT2D eigenvalue weighted by Gasteiger charge is -2.31. The Morgan fingerprint density at radius 2 is 2.26 bits per heavy atom. The molecule has 19 heavy (non-hydrogen) atoms. The Hall–Kier alpha value is -0.390. The monoisotopic (exact) mass is 301 g/mol. The van der Waals surface area contributed by atoms with Gasteiger partial charge in [-0.2, -0.15) is 0 Å². The normalized spacial score (nSPS) is 24.2. The van der Waals surface area contributed by atoms with Crippen molar-refractivity contribution in [2.45, 2.75) is 50.8 Å². The minimum Gasteiger partial charge on any atom is -0.309 e. The minimum atomic E-state index is -2.95. The number of rotatable bonds is 5. The molecule has 0 radical (unpaired) electrons. The fraction of sp³-hybridized carbons (Fsp3) is 0.714. The molecule has 1 N–H and O–H groups in total. The van der Waals surface area contributed by atoms with Gasteiger partial charge in [0, 0.05) is 4.88 Å². The Balaban J connectivity index is 2.29. The van der Waals surface area contributed by atoms with Crippen LogP contribution in [-0.4, -0.2) is 26.0 Å². The molecule has 0 aliphatic carbocycles. The summed E-state index contributed by atoms with van der Waals surface area (Å²) in [6.07, 6.45) is 3.66. The van der Waals surface area contributed by atoms with Crippen molar-refractivity contribution < 1.29 is 8.42 Å². The summed E-state index contributed by atoms with van der Waals surface area (Å²) in [7, 11) is -2.95. The first-order valence-corrected chi connectivity index (χ1v) is 9.64. The van der Waals surface area contributed by atoms with Crippen LogP contribution in [0.5, 0.6) is 0 Å². The molecule has 2 unspecified atom stereocenters. The highest BCUT2D eigenvalue weighted by Gasteiger charge is 2.36. The molecule has 1 aliphatic rings. The van der Waals surface area contributed by atoms with Crippen molar-refractivity contribution in [3.05, 3.63) is 21.9 Å². The van der Waals surface area contributed by atoms with Crippen molar-refractivity contribution in [2.75, 3.05) is 12.3 Å². The van der Waals surface area contributed by atoms with Gasteiger partial charge < -0.3 is 5.32 Å². The van der Waals surface area contributed by atoms with E-state index in [1.54, 1.807) is 11.3 Å². The van der Waals surface area contributed by atoms with E-state index in [-0.39, 0.29) is 11.3 Å². The Morgan fingerprint density at radius 1 is 1.47 bits per heavy atom. The Bertz CT molecular complexity index is 507. The minimum absolute atomic E-state index is 0.0310. The largest absolute Gasteiger partial charge is 0.309 e. The fourth-order valence-corrected chi connectivity index (χ4v) is 5.66. The maximum Gasteiger partial charge on any atom is 0.155 e. The number of sulfone groups is 1. The van der Waals surface area contributed by atoms with Gasteiger partial charge in [0.1, 0.15) is 0 Å². The Labute approximate surface area is 120 Å². The molecule has 2 heterocycles. The summed E-state index contributed by atoms with van der Waals surface area (Å²) in [4.78, 5) is 1.23. The molecule has 0 bridgehead atoms. The van der Waals surface area contributed by atoms with Gasteiger partial charge in [0.15, 0.2) is 9.84 Å². The lowest BCUT2D eigenvalue weighted by Crippen LogP contribution is -2.41. The highest BCUT2D eigenvalue weighted by molar-refractivity contribution is 7.92. The number of aryl methyl sites for hydroxylation is 1. The summed E-state index contributed by atoms with van der Waals surface area (Å²) < 4.78 is 24.7. The Morgan fingerprint density at radius 3 is 2.84 bits per heavy atom. The molecule has 1 aliphatic heterocycles. The van der Waals surface area contributed by atoms with E-state index in [4.69, 9.17) is 0 Å². The number of hydrogen-bond donors (Lipinski definition) is 1. The zero-order valence-electron chi connectivity index (χ0n) is 11.7. The highest BCUT2D eigenvalue weighted by atomic mass is 32.2. The van der Waals surface area contributed by atoms with Gasteiger partial charge >= 0.3 is 0 Å². The van der Waals surface area contributed by atoms with E-state index in [2.05, 4.69) is 30.6 Å². The second-order valence-electron chi connectivity index (χ2n) is 5.27. The molecule has 0 spiro atoms. The molecule has 0 aromatic carbocycles. The number of thiophene rings is 1. The fourth-order valence-electron chi connectivity index (χ4n) is 2.81. The van der Waals surface area contributed by atoms with Crippen molar-refractivity contribution in [3.63, 3.8) is 0 Å². The van der Waals surface area contributed by atoms with Gasteiger partial charge in [-0.15, -0.1) is 11.3 Å². The van der Waals surface area contributed by atoms with E-state index < -0.39 is 9.84 Å². The molecule has 3 nitrogen and oxygen atoms in total. The molecule has 1 aromatic rings. The van der Waals surface area contributed by atoms with Crippen LogP contribution >= 0.6 is 11.3 Å². The number of hydrogen-bond acceptors (Lipinski definition) is 4. The molecule has 108 valence electrons. The van der Waals surface area contributed by atoms with Crippen LogP contribution in [0.3, 0.4) is 0 Å². The molecule has 1 fully saturated rings. The molecule has 0 amide bonds. The molecular weight excluding hydrogens is 278 g/mol. The summed E-state index contributed by atoms with van der Waals surface area (Å²) in [6, 6.07) is 2.05. The summed E-state index contributed by atoms with van der Waals surface area (Å²) in [5, 5.41) is 5.27. The van der Waals surface area contributed by atoms with Gasteiger partial charge in [0.05, 0.1) is 17.0 Å². The standard InChI is InChI=1S/C14H23NO2S2/c1-3-8-15-14(12-7-9-18-11(12)2)13-6-4-5-10-19(13,16)17/h7,9,13-15H,3-6,8,10H2,1-2H3. The van der Waals surface area contributed by atoms with E-state index in [0.29, 0.717) is 5.75 Å². The maximum atomic E-state index is 12.4. The third-order valence-electron chi connectivity index (χ3n) is 3.85. The van der Waals surface area contributed by atoms with E-state index in [0.717, 1.165) is 32.2 Å². The van der Waals surface area contributed by atoms with Gasteiger partial charge in [-0.1, -0.05) is 13.3 Å². The first-order valence-electron chi connectivity index (χ1n) is 7.05. The average Bonchev–Trinajstić information content (AvgIpc) is 2.78. The molecule has 2 atom stereocenters. The van der Waals surface area contributed by atoms with Gasteiger partial charge in [-0.25, -0.2) is 8.42 Å². The van der Waals surface area contributed by atoms with Gasteiger partial charge in [-0.3, -0.25) is 0 Å². The van der Waals surface area contributed by atoms with E-state index in [1.165, 1.54) is 10.4 Å². The highest BCUT2D eigenvalue weighted by Crippen LogP contribution is 2.33. The molecule has 1 saturated heterocycles. The van der Waals surface area contributed by atoms with Crippen LogP contribution in [0.4, 0.5) is 0 Å². The lowest BCUT2D eigenvalue weighted by atomic mass is 10.00. The average molecular weight is 301 g/mol. The zero-order valence-corrected chi connectivity index (χ0v) is 13.3. The van der Waals surface area contributed by atoms with Crippen LogP contribution in [0.25, 0.3) is 0 Å². The first-order chi connectivity index (χ1) is 9.06. The van der Waals surface area contributed by atoms with Crippen LogP contribution < -0.4 is 5.32 Å². The number of nitrogens with one attached hydrogen (secondary N) is 1. The second-order valence-corrected chi connectivity index (χ2v) is 8.72. The summed E-state index contributed by atoms with van der Waals surface area (Å²) >= 11 is 1.70. The third kappa shape index (κ3) is 3.38. The topological polar surface area (TPSA) is 46.2 Å². The van der Waals surface area contributed by atoms with E-state index in [1.807, 2.05) is 0 Å². The SMILES string of the molecule is CCCNC(c1ccsc1C)C1CCCCS1(=O)=O. The van der Waals surface area contributed by atoms with Crippen LogP contribution in [0.1, 0.15) is 49.1 Å². The second kappa shape index (κ2) is 6.37. The van der Waals surface area contributed by atoms with Crippen molar-refractivity contribution in [2.24, 2.45) is 0 Å². The van der Waals surface area contributed by atoms with Gasteiger partial charge in [-0.05, 0) is 49.7 Å². The van der Waals surface area contributed by atoms with Crippen LogP contribution in [0.2, 0.25) is 0 Å². The van der Waals surface area contributed by atoms with Crippen molar-refractivity contribution in [1.82, 2.24) is 5.32 Å². The van der Waals surface area contributed by atoms with Crippen LogP contribution in [-0.2, 0) is 9.84 Å². The molecular formula is C14H23NO2S2. The van der Waals surface area contributed by atoms with Crippen molar-refractivity contribution in [1.29, 1.82) is 0 Å². The lowest BCUT2D eigenvalue weighted by molar-refractivity contribution is 0.446. The third-order valence-corrected chi connectivity index (χ3v) is 7.00. The summed E-state index contributed by atoms with van der Waals surface area (Å²) in [6.45, 7) is 5.06. The Kier molecular flexibility index (Phi) is 5.03. The predicted octanol–water partition coefficient (Wildman–Crippen LogP) is 3.06. The summed E-state index contributed by atoms with van der Waals surface area (Å²) in [5.41, 5.74) is 1.17. The van der Waals surface area contributed by atoms with Gasteiger partial charge in [0.25, 0.3) is 0 Å². The first kappa shape index (κ1) is 15.0. The van der Waals surface area contributed by atoms with E-state index >= 15 is 0 Å². The van der Waals surface area contributed by atoms with Crippen LogP contribution in [0.15, 0.2) is 11.4 Å². The zero-order chi connectivity index (χ0) is 13.9. The molecule has 0 saturated carbocycles. The van der Waals surface area contributed by atoms with Gasteiger partial charge in [0.2, 0.25) is 0 Å². The summed E-state index contributed by atoms with van der Waals surface area (Å²) in [5.74, 6) is 0.352. The van der Waals surface area contributed by atoms with Crippen molar-refractivity contribution in [3.8, 4) is 0 Å². The maximum absolute atomic E-state index is 12.4. The predicted molar refractivity (Wildman–Crippen MR) is 81.5 cm³/mol. The molecule has 2 rings (SSSR count). The smallest absolute Gasteiger partial charge is 0.155 e.